The minimum absolute atomic E-state index is 0.0774. The van der Waals surface area contributed by atoms with Gasteiger partial charge >= 0.3 is 0 Å². The number of halogens is 1. The highest BCUT2D eigenvalue weighted by atomic mass is 79.9. The fraction of sp³-hybridized carbons (Fsp3) is 0.182. The zero-order valence-corrected chi connectivity index (χ0v) is 18.6. The van der Waals surface area contributed by atoms with Gasteiger partial charge in [0.1, 0.15) is 5.70 Å². The average molecular weight is 454 g/mol. The predicted octanol–water partition coefficient (Wildman–Crippen LogP) is 5.04. The van der Waals surface area contributed by atoms with Crippen LogP contribution < -0.4 is 0 Å². The van der Waals surface area contributed by atoms with Crippen LogP contribution in [0.2, 0.25) is 0 Å². The van der Waals surface area contributed by atoms with Crippen LogP contribution >= 0.6 is 28.1 Å². The molecule has 6 heteroatoms. The number of carbonyl (C=O) groups excluding carboxylic acids is 1. The molecular weight excluding hydrogens is 434 g/mol. The van der Waals surface area contributed by atoms with Crippen molar-refractivity contribution in [3.63, 3.8) is 0 Å². The topological polar surface area (TPSA) is 28.5 Å². The first-order valence-electron chi connectivity index (χ1n) is 8.95. The number of rotatable bonds is 2. The Balaban J connectivity index is 1.89. The summed E-state index contributed by atoms with van der Waals surface area (Å²) in [5, 5.41) is 2.86. The van der Waals surface area contributed by atoms with Crippen LogP contribution in [0.3, 0.4) is 0 Å². The van der Waals surface area contributed by atoms with Crippen LogP contribution in [-0.4, -0.2) is 39.5 Å². The standard InChI is InChI=1S/C22H20BrN3OS/c1-13-11-15(12-20-21(27)25(4)22(28)24(20)3)14(2)26(13)19-10-9-18(23)16-7-5-6-8-17(16)19/h5-12H,1-4H3/b20-12-. The number of thiocarbonyl (C=S) groups is 1. The van der Waals surface area contributed by atoms with Crippen molar-refractivity contribution in [2.45, 2.75) is 13.8 Å². The Hall–Kier alpha value is -2.44. The van der Waals surface area contributed by atoms with Crippen LogP contribution in [0.4, 0.5) is 0 Å². The third-order valence-electron chi connectivity index (χ3n) is 5.31. The summed E-state index contributed by atoms with van der Waals surface area (Å²) >= 11 is 8.97. The Morgan fingerprint density at radius 3 is 2.32 bits per heavy atom. The molecule has 1 aliphatic rings. The summed E-state index contributed by atoms with van der Waals surface area (Å²) in [5.41, 5.74) is 4.92. The molecule has 1 saturated heterocycles. The van der Waals surface area contributed by atoms with E-state index in [9.17, 15) is 4.79 Å². The van der Waals surface area contributed by atoms with Gasteiger partial charge in [-0.25, -0.2) is 0 Å². The summed E-state index contributed by atoms with van der Waals surface area (Å²) in [7, 11) is 3.54. The lowest BCUT2D eigenvalue weighted by Gasteiger charge is -2.14. The van der Waals surface area contributed by atoms with E-state index in [0.29, 0.717) is 10.8 Å². The number of benzene rings is 2. The minimum Gasteiger partial charge on any atom is -0.317 e. The molecule has 0 spiro atoms. The number of nitrogens with zero attached hydrogens (tertiary/aromatic N) is 3. The van der Waals surface area contributed by atoms with Gasteiger partial charge in [0.2, 0.25) is 0 Å². The van der Waals surface area contributed by atoms with Gasteiger partial charge in [-0.2, -0.15) is 0 Å². The van der Waals surface area contributed by atoms with Crippen LogP contribution in [0.15, 0.2) is 52.6 Å². The number of hydrogen-bond acceptors (Lipinski definition) is 2. The van der Waals surface area contributed by atoms with Crippen LogP contribution in [0.25, 0.3) is 22.5 Å². The second kappa shape index (κ2) is 6.87. The van der Waals surface area contributed by atoms with Crippen molar-refractivity contribution in [2.24, 2.45) is 0 Å². The van der Waals surface area contributed by atoms with Gasteiger partial charge in [-0.05, 0) is 61.3 Å². The van der Waals surface area contributed by atoms with E-state index in [4.69, 9.17) is 12.2 Å². The van der Waals surface area contributed by atoms with E-state index in [1.54, 1.807) is 11.9 Å². The Morgan fingerprint density at radius 2 is 1.68 bits per heavy atom. The number of aromatic nitrogens is 1. The molecule has 28 heavy (non-hydrogen) atoms. The zero-order valence-electron chi connectivity index (χ0n) is 16.2. The van der Waals surface area contributed by atoms with Crippen LogP contribution in [0.5, 0.6) is 0 Å². The highest BCUT2D eigenvalue weighted by molar-refractivity contribution is 9.10. The number of fused-ring (bicyclic) bond motifs is 1. The van der Waals surface area contributed by atoms with E-state index in [1.807, 2.05) is 19.2 Å². The minimum atomic E-state index is -0.0774. The molecule has 0 N–H and O–H groups in total. The molecule has 3 aromatic rings. The van der Waals surface area contributed by atoms with Gasteiger partial charge in [0.25, 0.3) is 5.91 Å². The largest absolute Gasteiger partial charge is 0.317 e. The molecule has 0 radical (unpaired) electrons. The molecule has 2 aromatic carbocycles. The molecule has 1 fully saturated rings. The van der Waals surface area contributed by atoms with Crippen molar-refractivity contribution < 1.29 is 4.79 Å². The van der Waals surface area contributed by atoms with Gasteiger partial charge in [-0.15, -0.1) is 0 Å². The molecule has 4 nitrogen and oxygen atoms in total. The molecule has 2 heterocycles. The molecule has 0 saturated carbocycles. The van der Waals surface area contributed by atoms with Crippen molar-refractivity contribution in [1.82, 2.24) is 14.4 Å². The summed E-state index contributed by atoms with van der Waals surface area (Å²) in [6, 6.07) is 14.7. The third-order valence-corrected chi connectivity index (χ3v) is 6.55. The Kier molecular flexibility index (Phi) is 4.63. The molecular formula is C22H20BrN3OS. The third kappa shape index (κ3) is 2.79. The van der Waals surface area contributed by atoms with Gasteiger partial charge in [0, 0.05) is 35.3 Å². The first-order valence-corrected chi connectivity index (χ1v) is 10.2. The first-order chi connectivity index (χ1) is 13.3. The second-order valence-corrected chi connectivity index (χ2v) is 8.23. The number of hydrogen-bond donors (Lipinski definition) is 0. The highest BCUT2D eigenvalue weighted by Gasteiger charge is 2.33. The summed E-state index contributed by atoms with van der Waals surface area (Å²) in [5.74, 6) is -0.0774. The van der Waals surface area contributed by atoms with E-state index < -0.39 is 0 Å². The summed E-state index contributed by atoms with van der Waals surface area (Å²) < 4.78 is 3.31. The molecule has 1 aliphatic heterocycles. The molecule has 0 bridgehead atoms. The van der Waals surface area contributed by atoms with Crippen LogP contribution in [0.1, 0.15) is 17.0 Å². The van der Waals surface area contributed by atoms with Crippen LogP contribution in [0, 0.1) is 13.8 Å². The van der Waals surface area contributed by atoms with Gasteiger partial charge < -0.3 is 9.47 Å². The fourth-order valence-electron chi connectivity index (χ4n) is 3.78. The Morgan fingerprint density at radius 1 is 1.00 bits per heavy atom. The maximum absolute atomic E-state index is 12.5. The van der Waals surface area contributed by atoms with Crippen molar-refractivity contribution in [3.8, 4) is 5.69 Å². The smallest absolute Gasteiger partial charge is 0.276 e. The lowest BCUT2D eigenvalue weighted by molar-refractivity contribution is -0.121. The summed E-state index contributed by atoms with van der Waals surface area (Å²) in [6.07, 6.45) is 1.93. The van der Waals surface area contributed by atoms with Gasteiger partial charge in [0.15, 0.2) is 5.11 Å². The predicted molar refractivity (Wildman–Crippen MR) is 122 cm³/mol. The van der Waals surface area contributed by atoms with Gasteiger partial charge in [-0.1, -0.05) is 40.2 Å². The van der Waals surface area contributed by atoms with Crippen molar-refractivity contribution >= 4 is 56.0 Å². The number of carbonyl (C=O) groups is 1. The van der Waals surface area contributed by atoms with Crippen molar-refractivity contribution in [2.75, 3.05) is 14.1 Å². The zero-order chi connectivity index (χ0) is 20.2. The van der Waals surface area contributed by atoms with E-state index >= 15 is 0 Å². The van der Waals surface area contributed by atoms with Gasteiger partial charge in [-0.3, -0.25) is 9.69 Å². The van der Waals surface area contributed by atoms with E-state index in [0.717, 1.165) is 27.1 Å². The maximum atomic E-state index is 12.5. The number of likely N-dealkylation sites (N-methyl/N-ethyl adjacent to an activating group) is 2. The molecule has 4 rings (SSSR count). The second-order valence-electron chi connectivity index (χ2n) is 7.01. The first kappa shape index (κ1) is 18.9. The average Bonchev–Trinajstić information content (AvgIpc) is 3.06. The highest BCUT2D eigenvalue weighted by Crippen LogP contribution is 2.32. The Labute approximate surface area is 178 Å². The van der Waals surface area contributed by atoms with Crippen molar-refractivity contribution in [3.05, 3.63) is 69.6 Å². The van der Waals surface area contributed by atoms with E-state index in [1.165, 1.54) is 15.7 Å². The summed E-state index contributed by atoms with van der Waals surface area (Å²) in [4.78, 5) is 15.8. The monoisotopic (exact) mass is 453 g/mol. The molecule has 1 amide bonds. The van der Waals surface area contributed by atoms with E-state index in [2.05, 4.69) is 70.7 Å². The maximum Gasteiger partial charge on any atom is 0.276 e. The van der Waals surface area contributed by atoms with Crippen LogP contribution in [-0.2, 0) is 4.79 Å². The number of aryl methyl sites for hydroxylation is 1. The quantitative estimate of drug-likeness (QED) is 0.401. The molecule has 0 aliphatic carbocycles. The SMILES string of the molecule is Cc1cc(/C=C2/C(=O)N(C)C(=S)N2C)c(C)n1-c1ccc(Br)c2ccccc12. The normalized spacial score (nSPS) is 16.1. The lowest BCUT2D eigenvalue weighted by atomic mass is 10.1. The summed E-state index contributed by atoms with van der Waals surface area (Å²) in [6.45, 7) is 4.17. The fourth-order valence-corrected chi connectivity index (χ4v) is 4.44. The molecule has 0 atom stereocenters. The molecule has 142 valence electrons. The lowest BCUT2D eigenvalue weighted by Crippen LogP contribution is -2.26. The van der Waals surface area contributed by atoms with E-state index in [-0.39, 0.29) is 5.91 Å². The molecule has 0 unspecified atom stereocenters. The number of amides is 1. The van der Waals surface area contributed by atoms with Gasteiger partial charge in [0.05, 0.1) is 5.69 Å². The van der Waals surface area contributed by atoms with Crippen molar-refractivity contribution in [1.29, 1.82) is 0 Å². The molecule has 1 aromatic heterocycles. The Bertz CT molecular complexity index is 1180.